The van der Waals surface area contributed by atoms with Crippen molar-refractivity contribution in [3.63, 3.8) is 0 Å². The van der Waals surface area contributed by atoms with Crippen molar-refractivity contribution < 1.29 is 15.1 Å². The number of carbonyl (C=O) groups excluding carboxylic acids is 1. The van der Waals surface area contributed by atoms with Crippen LogP contribution in [-0.2, 0) is 4.79 Å². The molecule has 0 rings (SSSR count). The van der Waals surface area contributed by atoms with Gasteiger partial charge >= 0.3 is 0 Å². The van der Waals surface area contributed by atoms with Gasteiger partial charge in [-0.3, -0.25) is 4.79 Å². The van der Waals surface area contributed by atoms with E-state index in [0.29, 0.717) is 13.0 Å². The van der Waals surface area contributed by atoms with Gasteiger partial charge in [0.1, 0.15) is 11.9 Å². The number of amidine groups is 1. The van der Waals surface area contributed by atoms with Crippen molar-refractivity contribution in [3.05, 3.63) is 0 Å². The number of amides is 1. The molecule has 0 aromatic carbocycles. The van der Waals surface area contributed by atoms with Gasteiger partial charge < -0.3 is 27.1 Å². The summed E-state index contributed by atoms with van der Waals surface area (Å²) in [6.45, 7) is 4.28. The third-order valence-corrected chi connectivity index (χ3v) is 2.39. The molecule has 0 aliphatic rings. The SMILES string of the molecule is CC(C)(CCNCC(O)C(N)=O)C(N)=NO. The van der Waals surface area contributed by atoms with E-state index >= 15 is 0 Å². The molecule has 1 amide bonds. The van der Waals surface area contributed by atoms with Gasteiger partial charge in [-0.2, -0.15) is 0 Å². The number of oxime groups is 1. The molecule has 7 heteroatoms. The van der Waals surface area contributed by atoms with Gasteiger partial charge in [0.05, 0.1) is 0 Å². The van der Waals surface area contributed by atoms with Crippen LogP contribution >= 0.6 is 0 Å². The number of carbonyl (C=O) groups is 1. The fourth-order valence-corrected chi connectivity index (χ4v) is 1.00. The van der Waals surface area contributed by atoms with Crippen LogP contribution in [0.3, 0.4) is 0 Å². The molecule has 1 atom stereocenters. The van der Waals surface area contributed by atoms with Crippen molar-refractivity contribution >= 4 is 11.7 Å². The standard InChI is InChI=1S/C9H20N4O3/c1-9(2,8(11)13-16)3-4-12-5-6(14)7(10)15/h6,12,14,16H,3-5H2,1-2H3,(H2,10,15)(H2,11,13). The molecule has 0 heterocycles. The Labute approximate surface area is 94.5 Å². The number of primary amides is 1. The molecule has 0 aliphatic heterocycles. The van der Waals surface area contributed by atoms with Crippen LogP contribution in [0, 0.1) is 5.41 Å². The second-order valence-electron chi connectivity index (χ2n) is 4.24. The lowest BCUT2D eigenvalue weighted by atomic mass is 9.88. The summed E-state index contributed by atoms with van der Waals surface area (Å²) in [5, 5.41) is 23.4. The third kappa shape index (κ3) is 4.94. The van der Waals surface area contributed by atoms with Crippen LogP contribution < -0.4 is 16.8 Å². The number of nitrogens with one attached hydrogen (secondary N) is 1. The summed E-state index contributed by atoms with van der Waals surface area (Å²) in [6, 6.07) is 0. The number of hydrogen-bond donors (Lipinski definition) is 5. The molecule has 0 aliphatic carbocycles. The summed E-state index contributed by atoms with van der Waals surface area (Å²) in [7, 11) is 0. The first-order valence-electron chi connectivity index (χ1n) is 4.97. The highest BCUT2D eigenvalue weighted by molar-refractivity contribution is 5.85. The minimum absolute atomic E-state index is 0.0988. The molecular formula is C9H20N4O3. The zero-order chi connectivity index (χ0) is 12.8. The molecule has 94 valence electrons. The van der Waals surface area contributed by atoms with Crippen LogP contribution in [0.25, 0.3) is 0 Å². The Bertz CT molecular complexity index is 265. The van der Waals surface area contributed by atoms with Crippen molar-refractivity contribution in [2.24, 2.45) is 22.0 Å². The van der Waals surface area contributed by atoms with E-state index in [9.17, 15) is 4.79 Å². The average Bonchev–Trinajstić information content (AvgIpc) is 2.22. The van der Waals surface area contributed by atoms with Crippen molar-refractivity contribution in [1.29, 1.82) is 0 Å². The van der Waals surface area contributed by atoms with Crippen LogP contribution in [0.15, 0.2) is 5.16 Å². The van der Waals surface area contributed by atoms with Gasteiger partial charge in [0.15, 0.2) is 0 Å². The summed E-state index contributed by atoms with van der Waals surface area (Å²) >= 11 is 0. The van der Waals surface area contributed by atoms with E-state index in [1.807, 2.05) is 13.8 Å². The number of hydrogen-bond acceptors (Lipinski definition) is 5. The molecule has 0 saturated carbocycles. The van der Waals surface area contributed by atoms with Crippen LogP contribution in [0.4, 0.5) is 0 Å². The van der Waals surface area contributed by atoms with Gasteiger partial charge in [0, 0.05) is 12.0 Å². The summed E-state index contributed by atoms with van der Waals surface area (Å²) < 4.78 is 0. The maximum Gasteiger partial charge on any atom is 0.247 e. The van der Waals surface area contributed by atoms with Gasteiger partial charge in [-0.25, -0.2) is 0 Å². The van der Waals surface area contributed by atoms with Gasteiger partial charge in [-0.15, -0.1) is 0 Å². The minimum Gasteiger partial charge on any atom is -0.409 e. The van der Waals surface area contributed by atoms with Crippen molar-refractivity contribution in [3.8, 4) is 0 Å². The lowest BCUT2D eigenvalue weighted by Gasteiger charge is -2.23. The second-order valence-corrected chi connectivity index (χ2v) is 4.24. The summed E-state index contributed by atoms with van der Waals surface area (Å²) in [5.74, 6) is -0.618. The quantitative estimate of drug-likeness (QED) is 0.121. The zero-order valence-corrected chi connectivity index (χ0v) is 9.60. The Morgan fingerprint density at radius 2 is 2.06 bits per heavy atom. The van der Waals surface area contributed by atoms with E-state index in [0.717, 1.165) is 0 Å². The lowest BCUT2D eigenvalue weighted by Crippen LogP contribution is -2.40. The van der Waals surface area contributed by atoms with Crippen molar-refractivity contribution in [2.45, 2.75) is 26.4 Å². The Morgan fingerprint density at radius 3 is 2.50 bits per heavy atom. The number of nitrogens with zero attached hydrogens (tertiary/aromatic N) is 1. The summed E-state index contributed by atoms with van der Waals surface area (Å²) in [5.41, 5.74) is 9.92. The highest BCUT2D eigenvalue weighted by atomic mass is 16.4. The van der Waals surface area contributed by atoms with E-state index in [1.54, 1.807) is 0 Å². The van der Waals surface area contributed by atoms with Crippen LogP contribution in [-0.4, -0.2) is 41.3 Å². The van der Waals surface area contributed by atoms with Gasteiger partial charge in [-0.05, 0) is 13.0 Å². The Morgan fingerprint density at radius 1 is 1.50 bits per heavy atom. The Balaban J connectivity index is 3.87. The smallest absolute Gasteiger partial charge is 0.247 e. The summed E-state index contributed by atoms with van der Waals surface area (Å²) in [6.07, 6.45) is -0.582. The number of nitrogens with two attached hydrogens (primary N) is 2. The van der Waals surface area contributed by atoms with Gasteiger partial charge in [0.2, 0.25) is 5.91 Å². The molecule has 0 bridgehead atoms. The molecule has 0 radical (unpaired) electrons. The lowest BCUT2D eigenvalue weighted by molar-refractivity contribution is -0.125. The molecule has 0 spiro atoms. The van der Waals surface area contributed by atoms with Crippen LogP contribution in [0.2, 0.25) is 0 Å². The second kappa shape index (κ2) is 6.29. The molecule has 0 aromatic heterocycles. The fourth-order valence-electron chi connectivity index (χ4n) is 1.00. The highest BCUT2D eigenvalue weighted by Crippen LogP contribution is 2.19. The molecule has 7 N–H and O–H groups in total. The highest BCUT2D eigenvalue weighted by Gasteiger charge is 2.23. The topological polar surface area (TPSA) is 134 Å². The molecule has 1 unspecified atom stereocenters. The average molecular weight is 232 g/mol. The molecule has 0 fully saturated rings. The monoisotopic (exact) mass is 232 g/mol. The predicted molar refractivity (Wildman–Crippen MR) is 59.9 cm³/mol. The predicted octanol–water partition coefficient (Wildman–Crippen LogP) is -1.42. The maximum absolute atomic E-state index is 10.5. The molecule has 16 heavy (non-hydrogen) atoms. The largest absolute Gasteiger partial charge is 0.409 e. The van der Waals surface area contributed by atoms with E-state index < -0.39 is 17.4 Å². The van der Waals surface area contributed by atoms with E-state index in [4.69, 9.17) is 21.8 Å². The first-order chi connectivity index (χ1) is 7.31. The van der Waals surface area contributed by atoms with Gasteiger partial charge in [-0.1, -0.05) is 19.0 Å². The normalized spacial score (nSPS) is 14.8. The van der Waals surface area contributed by atoms with Gasteiger partial charge in [0.25, 0.3) is 0 Å². The van der Waals surface area contributed by atoms with E-state index in [2.05, 4.69) is 10.5 Å². The molecule has 7 nitrogen and oxygen atoms in total. The van der Waals surface area contributed by atoms with Crippen LogP contribution in [0.1, 0.15) is 20.3 Å². The maximum atomic E-state index is 10.5. The minimum atomic E-state index is -1.19. The van der Waals surface area contributed by atoms with E-state index in [1.165, 1.54) is 0 Å². The summed E-state index contributed by atoms with van der Waals surface area (Å²) in [4.78, 5) is 10.5. The van der Waals surface area contributed by atoms with Crippen molar-refractivity contribution in [2.75, 3.05) is 13.1 Å². The third-order valence-electron chi connectivity index (χ3n) is 2.39. The molecule has 0 aromatic rings. The fraction of sp³-hybridized carbons (Fsp3) is 0.778. The Kier molecular flexibility index (Phi) is 5.76. The van der Waals surface area contributed by atoms with Crippen molar-refractivity contribution in [1.82, 2.24) is 5.32 Å². The van der Waals surface area contributed by atoms with E-state index in [-0.39, 0.29) is 12.4 Å². The first-order valence-corrected chi connectivity index (χ1v) is 4.97. The number of aliphatic hydroxyl groups is 1. The number of rotatable bonds is 7. The molecular weight excluding hydrogens is 212 g/mol. The zero-order valence-electron chi connectivity index (χ0n) is 9.60. The number of aliphatic hydroxyl groups excluding tert-OH is 1. The van der Waals surface area contributed by atoms with Crippen LogP contribution in [0.5, 0.6) is 0 Å². The molecule has 0 saturated heterocycles. The Hall–Kier alpha value is -1.34. The first kappa shape index (κ1) is 14.7.